The topological polar surface area (TPSA) is 101 Å². The number of aromatic nitrogens is 6. The molecule has 0 bridgehead atoms. The molecular weight excluding hydrogens is 387 g/mol. The number of carbonyl (C=O) groups excluding carboxylic acids is 1. The number of nitrogens with one attached hydrogen (secondary N) is 2. The van der Waals surface area contributed by atoms with E-state index >= 15 is 0 Å². The summed E-state index contributed by atoms with van der Waals surface area (Å²) in [5.41, 5.74) is 0.405. The van der Waals surface area contributed by atoms with Crippen LogP contribution in [0.25, 0.3) is 17.2 Å². The van der Waals surface area contributed by atoms with Crippen molar-refractivity contribution in [2.45, 2.75) is 6.18 Å². The lowest BCUT2D eigenvalue weighted by atomic mass is 10.2. The molecule has 4 aromatic rings. The molecule has 0 aliphatic heterocycles. The molecule has 0 atom stereocenters. The molecule has 0 aliphatic rings. The number of halogens is 3. The van der Waals surface area contributed by atoms with Crippen molar-refractivity contribution in [1.82, 2.24) is 29.9 Å². The molecule has 1 aromatic carbocycles. The quantitative estimate of drug-likeness (QED) is 0.548. The summed E-state index contributed by atoms with van der Waals surface area (Å²) in [6.45, 7) is 0. The Hall–Kier alpha value is -4.02. The summed E-state index contributed by atoms with van der Waals surface area (Å²) in [5.74, 6) is 0.226. The van der Waals surface area contributed by atoms with Gasteiger partial charge in [0.2, 0.25) is 0 Å². The van der Waals surface area contributed by atoms with Gasteiger partial charge < -0.3 is 10.3 Å². The standard InChI is InChI=1S/C18H12F3N7O/c19-18(20,21)12-4-5-15(24-9-12)28-10-14(26-27-28)17(29)25-13-3-1-2-11(8-13)16-22-6-7-23-16/h1-10H,(H,22,23)(H,25,29). The molecule has 0 saturated carbocycles. The van der Waals surface area contributed by atoms with Crippen molar-refractivity contribution in [1.29, 1.82) is 0 Å². The molecule has 146 valence electrons. The van der Waals surface area contributed by atoms with E-state index in [0.717, 1.165) is 22.4 Å². The maximum Gasteiger partial charge on any atom is 0.417 e. The Morgan fingerprint density at radius 1 is 1.14 bits per heavy atom. The lowest BCUT2D eigenvalue weighted by Crippen LogP contribution is -2.12. The van der Waals surface area contributed by atoms with Crippen molar-refractivity contribution in [3.8, 4) is 17.2 Å². The molecule has 0 unspecified atom stereocenters. The fourth-order valence-corrected chi connectivity index (χ4v) is 2.53. The van der Waals surface area contributed by atoms with E-state index in [1.807, 2.05) is 6.07 Å². The predicted octanol–water partition coefficient (Wildman–Crippen LogP) is 3.32. The summed E-state index contributed by atoms with van der Waals surface area (Å²) in [6.07, 6.45) is 0.795. The largest absolute Gasteiger partial charge is 0.417 e. The van der Waals surface area contributed by atoms with Crippen LogP contribution in [0.3, 0.4) is 0 Å². The molecule has 8 nitrogen and oxygen atoms in total. The van der Waals surface area contributed by atoms with Gasteiger partial charge in [-0.05, 0) is 24.3 Å². The number of nitrogens with zero attached hydrogens (tertiary/aromatic N) is 5. The molecule has 2 N–H and O–H groups in total. The fraction of sp³-hybridized carbons (Fsp3) is 0.0556. The van der Waals surface area contributed by atoms with Crippen LogP contribution in [0.4, 0.5) is 18.9 Å². The first-order valence-corrected chi connectivity index (χ1v) is 8.27. The first kappa shape index (κ1) is 18.3. The SMILES string of the molecule is O=C(Nc1cccc(-c2ncc[nH]2)c1)c1cn(-c2ccc(C(F)(F)F)cn2)nn1. The molecule has 3 heterocycles. The Labute approximate surface area is 161 Å². The molecular formula is C18H12F3N7O. The monoisotopic (exact) mass is 399 g/mol. The van der Waals surface area contributed by atoms with Crippen LogP contribution in [0, 0.1) is 0 Å². The van der Waals surface area contributed by atoms with E-state index in [0.29, 0.717) is 17.7 Å². The van der Waals surface area contributed by atoms with Gasteiger partial charge in [0.1, 0.15) is 5.82 Å². The summed E-state index contributed by atoms with van der Waals surface area (Å²) in [4.78, 5) is 23.3. The smallest absolute Gasteiger partial charge is 0.345 e. The van der Waals surface area contributed by atoms with Crippen LogP contribution in [0.5, 0.6) is 0 Å². The lowest BCUT2D eigenvalue weighted by Gasteiger charge is -2.06. The van der Waals surface area contributed by atoms with Crippen LogP contribution in [0.1, 0.15) is 16.1 Å². The second kappa shape index (κ2) is 7.19. The number of carbonyl (C=O) groups is 1. The highest BCUT2D eigenvalue weighted by Crippen LogP contribution is 2.28. The summed E-state index contributed by atoms with van der Waals surface area (Å²) >= 11 is 0. The number of H-pyrrole nitrogens is 1. The zero-order valence-electron chi connectivity index (χ0n) is 14.6. The van der Waals surface area contributed by atoms with Crippen molar-refractivity contribution in [2.24, 2.45) is 0 Å². The van der Waals surface area contributed by atoms with Crippen molar-refractivity contribution in [3.05, 3.63) is 72.4 Å². The maximum absolute atomic E-state index is 12.6. The highest BCUT2D eigenvalue weighted by Gasteiger charge is 2.30. The Kier molecular flexibility index (Phi) is 4.55. The Morgan fingerprint density at radius 3 is 2.69 bits per heavy atom. The molecule has 29 heavy (non-hydrogen) atoms. The zero-order valence-corrected chi connectivity index (χ0v) is 14.6. The predicted molar refractivity (Wildman–Crippen MR) is 96.1 cm³/mol. The molecule has 0 aliphatic carbocycles. The summed E-state index contributed by atoms with van der Waals surface area (Å²) in [5, 5.41) is 10.2. The van der Waals surface area contributed by atoms with E-state index in [1.54, 1.807) is 30.6 Å². The number of alkyl halides is 3. The normalized spacial score (nSPS) is 11.4. The van der Waals surface area contributed by atoms with Gasteiger partial charge >= 0.3 is 6.18 Å². The Bertz CT molecular complexity index is 1130. The number of benzene rings is 1. The van der Waals surface area contributed by atoms with Crippen molar-refractivity contribution in [3.63, 3.8) is 0 Å². The minimum Gasteiger partial charge on any atom is -0.345 e. The van der Waals surface area contributed by atoms with Crippen molar-refractivity contribution < 1.29 is 18.0 Å². The molecule has 3 aromatic heterocycles. The highest BCUT2D eigenvalue weighted by atomic mass is 19.4. The molecule has 11 heteroatoms. The van der Waals surface area contributed by atoms with Gasteiger partial charge in [0, 0.05) is 29.8 Å². The highest BCUT2D eigenvalue weighted by molar-refractivity contribution is 6.02. The van der Waals surface area contributed by atoms with Crippen LogP contribution in [-0.4, -0.2) is 35.9 Å². The van der Waals surface area contributed by atoms with E-state index in [1.165, 1.54) is 6.20 Å². The van der Waals surface area contributed by atoms with Crippen LogP contribution >= 0.6 is 0 Å². The van der Waals surface area contributed by atoms with Gasteiger partial charge in [-0.2, -0.15) is 13.2 Å². The van der Waals surface area contributed by atoms with E-state index in [-0.39, 0.29) is 11.5 Å². The molecule has 0 spiro atoms. The first-order chi connectivity index (χ1) is 13.9. The van der Waals surface area contributed by atoms with Crippen molar-refractivity contribution >= 4 is 11.6 Å². The third-order valence-electron chi connectivity index (χ3n) is 3.93. The number of amides is 1. The maximum atomic E-state index is 12.6. The minimum atomic E-state index is -4.48. The third kappa shape index (κ3) is 3.98. The Morgan fingerprint density at radius 2 is 2.00 bits per heavy atom. The van der Waals surface area contributed by atoms with Gasteiger partial charge in [0.25, 0.3) is 5.91 Å². The lowest BCUT2D eigenvalue weighted by molar-refractivity contribution is -0.137. The van der Waals surface area contributed by atoms with E-state index in [2.05, 4.69) is 30.6 Å². The van der Waals surface area contributed by atoms with Gasteiger partial charge in [0.05, 0.1) is 11.8 Å². The van der Waals surface area contributed by atoms with Crippen LogP contribution in [0.15, 0.2) is 61.2 Å². The molecule has 1 amide bonds. The van der Waals surface area contributed by atoms with E-state index in [4.69, 9.17) is 0 Å². The van der Waals surface area contributed by atoms with Gasteiger partial charge in [-0.1, -0.05) is 17.3 Å². The van der Waals surface area contributed by atoms with Gasteiger partial charge in [-0.25, -0.2) is 14.6 Å². The zero-order chi connectivity index (χ0) is 20.4. The second-order valence-corrected chi connectivity index (χ2v) is 5.92. The average molecular weight is 399 g/mol. The third-order valence-corrected chi connectivity index (χ3v) is 3.93. The first-order valence-electron chi connectivity index (χ1n) is 8.27. The molecule has 0 radical (unpaired) electrons. The van der Waals surface area contributed by atoms with E-state index < -0.39 is 17.6 Å². The van der Waals surface area contributed by atoms with Gasteiger partial charge in [0.15, 0.2) is 11.5 Å². The number of rotatable bonds is 4. The number of imidazole rings is 1. The number of hydrogen-bond acceptors (Lipinski definition) is 5. The number of aromatic amines is 1. The van der Waals surface area contributed by atoms with Crippen LogP contribution in [-0.2, 0) is 6.18 Å². The number of anilines is 1. The average Bonchev–Trinajstić information content (AvgIpc) is 3.40. The second-order valence-electron chi connectivity index (χ2n) is 5.92. The number of hydrogen-bond donors (Lipinski definition) is 2. The van der Waals surface area contributed by atoms with E-state index in [9.17, 15) is 18.0 Å². The fourth-order valence-electron chi connectivity index (χ4n) is 2.53. The van der Waals surface area contributed by atoms with Crippen molar-refractivity contribution in [2.75, 3.05) is 5.32 Å². The van der Waals surface area contributed by atoms with Gasteiger partial charge in [-0.3, -0.25) is 4.79 Å². The number of pyridine rings is 1. The Balaban J connectivity index is 1.50. The van der Waals surface area contributed by atoms with Gasteiger partial charge in [-0.15, -0.1) is 5.10 Å². The summed E-state index contributed by atoms with van der Waals surface area (Å²) in [6, 6.07) is 9.05. The van der Waals surface area contributed by atoms with Crippen LogP contribution in [0.2, 0.25) is 0 Å². The summed E-state index contributed by atoms with van der Waals surface area (Å²) < 4.78 is 39.0. The minimum absolute atomic E-state index is 0.0184. The molecule has 0 fully saturated rings. The summed E-state index contributed by atoms with van der Waals surface area (Å²) in [7, 11) is 0. The molecule has 0 saturated heterocycles. The molecule has 4 rings (SSSR count). The van der Waals surface area contributed by atoms with Crippen LogP contribution < -0.4 is 5.32 Å².